The van der Waals surface area contributed by atoms with Gasteiger partial charge in [0.15, 0.2) is 5.82 Å². The summed E-state index contributed by atoms with van der Waals surface area (Å²) in [5, 5.41) is 4.25. The Kier molecular flexibility index (Phi) is 3.44. The molecule has 0 fully saturated rings. The van der Waals surface area contributed by atoms with Gasteiger partial charge in [0, 0.05) is 19.8 Å². The molecule has 0 N–H and O–H groups in total. The van der Waals surface area contributed by atoms with Crippen molar-refractivity contribution < 1.29 is 0 Å². The molecular formula is C14H14ClN3S. The second kappa shape index (κ2) is 5.23. The zero-order valence-electron chi connectivity index (χ0n) is 10.6. The van der Waals surface area contributed by atoms with Crippen molar-refractivity contribution >= 4 is 34.4 Å². The van der Waals surface area contributed by atoms with Crippen molar-refractivity contribution in [2.45, 2.75) is 12.4 Å². The van der Waals surface area contributed by atoms with Crippen LogP contribution in [0.25, 0.3) is 5.65 Å². The number of thiophene rings is 1. The molecule has 0 saturated carbocycles. The summed E-state index contributed by atoms with van der Waals surface area (Å²) in [6.07, 6.45) is 2.00. The first kappa shape index (κ1) is 12.5. The number of alkyl halides is 1. The van der Waals surface area contributed by atoms with Crippen LogP contribution in [-0.2, 0) is 12.4 Å². The third kappa shape index (κ3) is 2.33. The normalized spacial score (nSPS) is 11.1. The van der Waals surface area contributed by atoms with E-state index in [0.29, 0.717) is 5.88 Å². The van der Waals surface area contributed by atoms with E-state index in [1.807, 2.05) is 28.8 Å². The highest BCUT2D eigenvalue weighted by Crippen LogP contribution is 2.24. The zero-order chi connectivity index (χ0) is 13.2. The molecule has 3 heterocycles. The van der Waals surface area contributed by atoms with Crippen LogP contribution in [0.1, 0.15) is 11.3 Å². The summed E-state index contributed by atoms with van der Waals surface area (Å²) < 4.78 is 2.05. The molecule has 3 rings (SSSR count). The Morgan fingerprint density at radius 3 is 3.00 bits per heavy atom. The molecule has 0 bridgehead atoms. The van der Waals surface area contributed by atoms with Crippen LogP contribution in [0.3, 0.4) is 0 Å². The lowest BCUT2D eigenvalue weighted by atomic mass is 10.3. The molecule has 0 aliphatic heterocycles. The van der Waals surface area contributed by atoms with Crippen molar-refractivity contribution in [3.05, 3.63) is 52.5 Å². The second-order valence-corrected chi connectivity index (χ2v) is 5.48. The Balaban J connectivity index is 1.99. The molecule has 0 radical (unpaired) electrons. The molecule has 0 aliphatic carbocycles. The van der Waals surface area contributed by atoms with E-state index in [1.54, 1.807) is 11.3 Å². The standard InChI is InChI=1S/C14H14ClN3S/c1-17(9-11-5-7-19-10-11)14-12(8-15)18-6-3-2-4-13(18)16-14/h2-7,10H,8-9H2,1H3. The Hall–Kier alpha value is -1.52. The van der Waals surface area contributed by atoms with Gasteiger partial charge < -0.3 is 9.30 Å². The van der Waals surface area contributed by atoms with Gasteiger partial charge in [-0.25, -0.2) is 4.98 Å². The number of nitrogens with zero attached hydrogens (tertiary/aromatic N) is 3. The summed E-state index contributed by atoms with van der Waals surface area (Å²) in [5.74, 6) is 1.40. The summed E-state index contributed by atoms with van der Waals surface area (Å²) in [6.45, 7) is 0.845. The molecule has 0 amide bonds. The van der Waals surface area contributed by atoms with Crippen molar-refractivity contribution in [1.29, 1.82) is 0 Å². The van der Waals surface area contributed by atoms with Crippen LogP contribution < -0.4 is 4.90 Å². The fraction of sp³-hybridized carbons (Fsp3) is 0.214. The summed E-state index contributed by atoms with van der Waals surface area (Å²) >= 11 is 7.81. The molecule has 0 aliphatic rings. The minimum absolute atomic E-state index is 0.453. The predicted molar refractivity (Wildman–Crippen MR) is 81.2 cm³/mol. The molecule has 3 aromatic rings. The lowest BCUT2D eigenvalue weighted by molar-refractivity contribution is 0.898. The number of pyridine rings is 1. The highest BCUT2D eigenvalue weighted by molar-refractivity contribution is 7.07. The van der Waals surface area contributed by atoms with Crippen LogP contribution in [0.2, 0.25) is 0 Å². The van der Waals surface area contributed by atoms with Crippen molar-refractivity contribution in [2.75, 3.05) is 11.9 Å². The van der Waals surface area contributed by atoms with Crippen molar-refractivity contribution in [2.24, 2.45) is 0 Å². The molecule has 0 unspecified atom stereocenters. The maximum Gasteiger partial charge on any atom is 0.152 e. The Bertz CT molecular complexity index is 675. The maximum absolute atomic E-state index is 6.09. The number of anilines is 1. The molecule has 0 spiro atoms. The largest absolute Gasteiger partial charge is 0.354 e. The number of hydrogen-bond acceptors (Lipinski definition) is 3. The first-order chi connectivity index (χ1) is 9.29. The molecular weight excluding hydrogens is 278 g/mol. The summed E-state index contributed by atoms with van der Waals surface area (Å²) in [4.78, 5) is 6.82. The Labute approximate surface area is 121 Å². The molecule has 0 saturated heterocycles. The van der Waals surface area contributed by atoms with Crippen molar-refractivity contribution in [3.8, 4) is 0 Å². The van der Waals surface area contributed by atoms with Crippen LogP contribution in [0, 0.1) is 0 Å². The van der Waals surface area contributed by atoms with E-state index in [4.69, 9.17) is 11.6 Å². The SMILES string of the molecule is CN(Cc1ccsc1)c1nc2ccccn2c1CCl. The third-order valence-electron chi connectivity index (χ3n) is 3.10. The lowest BCUT2D eigenvalue weighted by Gasteiger charge is -2.17. The van der Waals surface area contributed by atoms with Gasteiger partial charge in [0.2, 0.25) is 0 Å². The monoisotopic (exact) mass is 291 g/mol. The summed E-state index contributed by atoms with van der Waals surface area (Å²) in [6, 6.07) is 8.12. The highest BCUT2D eigenvalue weighted by atomic mass is 35.5. The first-order valence-electron chi connectivity index (χ1n) is 6.03. The minimum Gasteiger partial charge on any atom is -0.354 e. The molecule has 0 aromatic carbocycles. The topological polar surface area (TPSA) is 20.5 Å². The first-order valence-corrected chi connectivity index (χ1v) is 7.51. The smallest absolute Gasteiger partial charge is 0.152 e. The predicted octanol–water partition coefficient (Wildman–Crippen LogP) is 3.77. The quantitative estimate of drug-likeness (QED) is 0.682. The molecule has 0 atom stereocenters. The average molecular weight is 292 g/mol. The Morgan fingerprint density at radius 1 is 1.37 bits per heavy atom. The molecule has 19 heavy (non-hydrogen) atoms. The summed E-state index contributed by atoms with van der Waals surface area (Å²) in [5.41, 5.74) is 3.27. The lowest BCUT2D eigenvalue weighted by Crippen LogP contribution is -2.17. The zero-order valence-corrected chi connectivity index (χ0v) is 12.2. The minimum atomic E-state index is 0.453. The van der Waals surface area contributed by atoms with Gasteiger partial charge in [-0.05, 0) is 34.5 Å². The van der Waals surface area contributed by atoms with Gasteiger partial charge >= 0.3 is 0 Å². The number of hydrogen-bond donors (Lipinski definition) is 0. The molecule has 5 heteroatoms. The van der Waals surface area contributed by atoms with Crippen LogP contribution in [0.15, 0.2) is 41.2 Å². The van der Waals surface area contributed by atoms with Gasteiger partial charge in [0.1, 0.15) is 5.65 Å². The Morgan fingerprint density at radius 2 is 2.26 bits per heavy atom. The van der Waals surface area contributed by atoms with Crippen molar-refractivity contribution in [1.82, 2.24) is 9.38 Å². The van der Waals surface area contributed by atoms with Gasteiger partial charge in [-0.3, -0.25) is 0 Å². The number of aromatic nitrogens is 2. The fourth-order valence-corrected chi connectivity index (χ4v) is 3.10. The van der Waals surface area contributed by atoms with Crippen LogP contribution >= 0.6 is 22.9 Å². The number of rotatable bonds is 4. The molecule has 3 aromatic heterocycles. The number of imidazole rings is 1. The number of halogens is 1. The molecule has 3 nitrogen and oxygen atoms in total. The second-order valence-electron chi connectivity index (χ2n) is 4.43. The van der Waals surface area contributed by atoms with E-state index in [0.717, 1.165) is 23.7 Å². The number of fused-ring (bicyclic) bond motifs is 1. The van der Waals surface area contributed by atoms with Gasteiger partial charge in [0.25, 0.3) is 0 Å². The average Bonchev–Trinajstić information content (AvgIpc) is 3.04. The van der Waals surface area contributed by atoms with Gasteiger partial charge in [-0.2, -0.15) is 11.3 Å². The fourth-order valence-electron chi connectivity index (χ4n) is 2.20. The van der Waals surface area contributed by atoms with Gasteiger partial charge in [-0.1, -0.05) is 6.07 Å². The van der Waals surface area contributed by atoms with Crippen LogP contribution in [0.4, 0.5) is 5.82 Å². The van der Waals surface area contributed by atoms with E-state index in [-0.39, 0.29) is 0 Å². The van der Waals surface area contributed by atoms with E-state index in [1.165, 1.54) is 5.56 Å². The molecule has 98 valence electrons. The summed E-state index contributed by atoms with van der Waals surface area (Å²) in [7, 11) is 2.05. The van der Waals surface area contributed by atoms with Gasteiger partial charge in [0.05, 0.1) is 11.6 Å². The van der Waals surface area contributed by atoms with Crippen LogP contribution in [0.5, 0.6) is 0 Å². The van der Waals surface area contributed by atoms with Crippen molar-refractivity contribution in [3.63, 3.8) is 0 Å². The highest BCUT2D eigenvalue weighted by Gasteiger charge is 2.14. The van der Waals surface area contributed by atoms with E-state index in [2.05, 4.69) is 33.8 Å². The van der Waals surface area contributed by atoms with Gasteiger partial charge in [-0.15, -0.1) is 11.6 Å². The van der Waals surface area contributed by atoms with E-state index < -0.39 is 0 Å². The van der Waals surface area contributed by atoms with Crippen LogP contribution in [-0.4, -0.2) is 16.4 Å². The third-order valence-corrected chi connectivity index (χ3v) is 4.08. The maximum atomic E-state index is 6.09. The van der Waals surface area contributed by atoms with E-state index in [9.17, 15) is 0 Å². The van der Waals surface area contributed by atoms with E-state index >= 15 is 0 Å².